The fourth-order valence-electron chi connectivity index (χ4n) is 2.27. The summed E-state index contributed by atoms with van der Waals surface area (Å²) < 4.78 is 6.96. The molecule has 4 rings (SSSR count). The first-order valence-electron chi connectivity index (χ1n) is 6.75. The maximum atomic E-state index is 5.18. The van der Waals surface area contributed by atoms with E-state index in [1.54, 1.807) is 29.2 Å². The molecule has 0 atom stereocenters. The highest BCUT2D eigenvalue weighted by Gasteiger charge is 2.11. The van der Waals surface area contributed by atoms with E-state index in [1.807, 2.05) is 41.8 Å². The largest absolute Gasteiger partial charge is 0.497 e. The molecule has 4 aromatic rings. The Kier molecular flexibility index (Phi) is 3.08. The van der Waals surface area contributed by atoms with Crippen LogP contribution in [0.4, 0.5) is 0 Å². The van der Waals surface area contributed by atoms with Gasteiger partial charge in [0.05, 0.1) is 17.7 Å². The average Bonchev–Trinajstić information content (AvgIpc) is 3.24. The van der Waals surface area contributed by atoms with E-state index in [9.17, 15) is 0 Å². The van der Waals surface area contributed by atoms with Gasteiger partial charge in [-0.2, -0.15) is 9.50 Å². The summed E-state index contributed by atoms with van der Waals surface area (Å²) in [6.07, 6.45) is 1.76. The van der Waals surface area contributed by atoms with Crippen LogP contribution in [0.5, 0.6) is 5.75 Å². The van der Waals surface area contributed by atoms with E-state index in [0.717, 1.165) is 21.9 Å². The summed E-state index contributed by atoms with van der Waals surface area (Å²) in [5.74, 6) is 2.06. The van der Waals surface area contributed by atoms with E-state index in [-0.39, 0.29) is 0 Å². The lowest BCUT2D eigenvalue weighted by molar-refractivity contribution is 0.415. The summed E-state index contributed by atoms with van der Waals surface area (Å²) in [6, 6.07) is 13.7. The van der Waals surface area contributed by atoms with E-state index in [4.69, 9.17) is 4.74 Å². The number of rotatable bonds is 3. The molecule has 0 saturated carbocycles. The van der Waals surface area contributed by atoms with Crippen molar-refractivity contribution in [3.8, 4) is 27.7 Å². The average molecular weight is 308 g/mol. The standard InChI is InChI=1S/C16H12N4OS/c1-21-12-6-4-11(5-7-12)15-18-16-17-9-8-13(20(16)19-15)14-3-2-10-22-14/h2-10H,1H3. The lowest BCUT2D eigenvalue weighted by atomic mass is 10.2. The molecule has 0 bridgehead atoms. The molecule has 108 valence electrons. The van der Waals surface area contributed by atoms with Crippen molar-refractivity contribution in [3.63, 3.8) is 0 Å². The van der Waals surface area contributed by atoms with Crippen molar-refractivity contribution < 1.29 is 4.74 Å². The molecular formula is C16H12N4OS. The van der Waals surface area contributed by atoms with Crippen LogP contribution in [0.1, 0.15) is 0 Å². The van der Waals surface area contributed by atoms with Crippen molar-refractivity contribution in [1.29, 1.82) is 0 Å². The Labute approximate surface area is 130 Å². The molecule has 0 aliphatic carbocycles. The van der Waals surface area contributed by atoms with Gasteiger partial charge in [-0.3, -0.25) is 0 Å². The molecule has 5 nitrogen and oxygen atoms in total. The molecule has 0 N–H and O–H groups in total. The Bertz CT molecular complexity index is 913. The molecule has 22 heavy (non-hydrogen) atoms. The lowest BCUT2D eigenvalue weighted by Gasteiger charge is -2.00. The summed E-state index contributed by atoms with van der Waals surface area (Å²) in [5, 5.41) is 6.65. The van der Waals surface area contributed by atoms with Gasteiger partial charge < -0.3 is 4.74 Å². The maximum Gasteiger partial charge on any atom is 0.253 e. The molecule has 6 heteroatoms. The van der Waals surface area contributed by atoms with Crippen LogP contribution in [0.15, 0.2) is 54.0 Å². The van der Waals surface area contributed by atoms with Gasteiger partial charge >= 0.3 is 0 Å². The van der Waals surface area contributed by atoms with Crippen LogP contribution in [-0.4, -0.2) is 26.7 Å². The third-order valence-corrected chi connectivity index (χ3v) is 4.25. The summed E-state index contributed by atoms with van der Waals surface area (Å²) in [4.78, 5) is 9.95. The highest BCUT2D eigenvalue weighted by molar-refractivity contribution is 7.13. The number of methoxy groups -OCH3 is 1. The zero-order chi connectivity index (χ0) is 14.9. The van der Waals surface area contributed by atoms with Crippen molar-refractivity contribution in [3.05, 3.63) is 54.0 Å². The van der Waals surface area contributed by atoms with Crippen LogP contribution in [0.2, 0.25) is 0 Å². The third kappa shape index (κ3) is 2.14. The molecule has 0 spiro atoms. The zero-order valence-corrected chi connectivity index (χ0v) is 12.6. The van der Waals surface area contributed by atoms with E-state index >= 15 is 0 Å². The predicted octanol–water partition coefficient (Wildman–Crippen LogP) is 3.53. The SMILES string of the molecule is COc1ccc(-c2nc3nccc(-c4cccs4)n3n2)cc1. The Morgan fingerprint density at radius 1 is 1.09 bits per heavy atom. The Balaban J connectivity index is 1.85. The molecule has 0 aliphatic rings. The summed E-state index contributed by atoms with van der Waals surface area (Å²) in [6.45, 7) is 0. The lowest BCUT2D eigenvalue weighted by Crippen LogP contribution is -1.94. The normalized spacial score (nSPS) is 11.0. The predicted molar refractivity (Wildman–Crippen MR) is 86.1 cm³/mol. The van der Waals surface area contributed by atoms with E-state index in [1.165, 1.54) is 0 Å². The number of hydrogen-bond donors (Lipinski definition) is 0. The molecule has 0 amide bonds. The fourth-order valence-corrected chi connectivity index (χ4v) is 3.00. The van der Waals surface area contributed by atoms with Crippen LogP contribution >= 0.6 is 11.3 Å². The second-order valence-electron chi connectivity index (χ2n) is 4.68. The maximum absolute atomic E-state index is 5.18. The van der Waals surface area contributed by atoms with E-state index in [0.29, 0.717) is 11.6 Å². The number of benzene rings is 1. The molecular weight excluding hydrogens is 296 g/mol. The van der Waals surface area contributed by atoms with Crippen LogP contribution in [0.3, 0.4) is 0 Å². The van der Waals surface area contributed by atoms with Gasteiger partial charge in [-0.15, -0.1) is 16.4 Å². The van der Waals surface area contributed by atoms with E-state index in [2.05, 4.69) is 21.1 Å². The molecule has 0 radical (unpaired) electrons. The van der Waals surface area contributed by atoms with E-state index < -0.39 is 0 Å². The number of nitrogens with zero attached hydrogens (tertiary/aromatic N) is 4. The van der Waals surface area contributed by atoms with Gasteiger partial charge in [-0.05, 0) is 41.8 Å². The molecule has 0 fully saturated rings. The van der Waals surface area contributed by atoms with Crippen molar-refractivity contribution in [2.24, 2.45) is 0 Å². The first-order valence-corrected chi connectivity index (χ1v) is 7.63. The summed E-state index contributed by atoms with van der Waals surface area (Å²) in [5.41, 5.74) is 1.93. The Hall–Kier alpha value is -2.73. The summed E-state index contributed by atoms with van der Waals surface area (Å²) in [7, 11) is 1.65. The highest BCUT2D eigenvalue weighted by Crippen LogP contribution is 2.26. The topological polar surface area (TPSA) is 52.3 Å². The van der Waals surface area contributed by atoms with Crippen LogP contribution < -0.4 is 4.74 Å². The fraction of sp³-hybridized carbons (Fsp3) is 0.0625. The smallest absolute Gasteiger partial charge is 0.253 e. The number of thiophene rings is 1. The van der Waals surface area contributed by atoms with Crippen molar-refractivity contribution in [1.82, 2.24) is 19.6 Å². The van der Waals surface area contributed by atoms with Gasteiger partial charge in [-0.1, -0.05) is 6.07 Å². The number of ether oxygens (including phenoxy) is 1. The van der Waals surface area contributed by atoms with Crippen molar-refractivity contribution >= 4 is 17.1 Å². The number of aromatic nitrogens is 4. The van der Waals surface area contributed by atoms with Crippen molar-refractivity contribution in [2.45, 2.75) is 0 Å². The van der Waals surface area contributed by atoms with Gasteiger partial charge in [0.15, 0.2) is 5.82 Å². The molecule has 3 heterocycles. The van der Waals surface area contributed by atoms with Gasteiger partial charge in [0.2, 0.25) is 0 Å². The second-order valence-corrected chi connectivity index (χ2v) is 5.63. The third-order valence-electron chi connectivity index (χ3n) is 3.36. The second kappa shape index (κ2) is 5.23. The number of hydrogen-bond acceptors (Lipinski definition) is 5. The molecule has 3 aromatic heterocycles. The van der Waals surface area contributed by atoms with Crippen LogP contribution in [-0.2, 0) is 0 Å². The monoisotopic (exact) mass is 308 g/mol. The van der Waals surface area contributed by atoms with Crippen LogP contribution in [0.25, 0.3) is 27.7 Å². The number of fused-ring (bicyclic) bond motifs is 1. The molecule has 1 aromatic carbocycles. The minimum absolute atomic E-state index is 0.594. The van der Waals surface area contributed by atoms with Gasteiger partial charge in [-0.25, -0.2) is 4.98 Å². The zero-order valence-electron chi connectivity index (χ0n) is 11.8. The van der Waals surface area contributed by atoms with Gasteiger partial charge in [0.1, 0.15) is 5.75 Å². The minimum atomic E-state index is 0.594. The quantitative estimate of drug-likeness (QED) is 0.581. The van der Waals surface area contributed by atoms with Gasteiger partial charge in [0.25, 0.3) is 5.78 Å². The van der Waals surface area contributed by atoms with Crippen molar-refractivity contribution in [2.75, 3.05) is 7.11 Å². The first-order chi connectivity index (χ1) is 10.8. The van der Waals surface area contributed by atoms with Crippen LogP contribution in [0, 0.1) is 0 Å². The summed E-state index contributed by atoms with van der Waals surface area (Å²) >= 11 is 1.67. The first kappa shape index (κ1) is 13.0. The Morgan fingerprint density at radius 2 is 1.95 bits per heavy atom. The highest BCUT2D eigenvalue weighted by atomic mass is 32.1. The molecule has 0 aliphatic heterocycles. The molecule has 0 unspecified atom stereocenters. The van der Waals surface area contributed by atoms with Gasteiger partial charge in [0, 0.05) is 11.8 Å². The Morgan fingerprint density at radius 3 is 2.68 bits per heavy atom. The minimum Gasteiger partial charge on any atom is -0.497 e. The molecule has 0 saturated heterocycles.